The van der Waals surface area contributed by atoms with Gasteiger partial charge in [0.15, 0.2) is 5.13 Å². The van der Waals surface area contributed by atoms with E-state index >= 15 is 0 Å². The van der Waals surface area contributed by atoms with E-state index in [-0.39, 0.29) is 18.1 Å². The number of rotatable bonds is 5. The second kappa shape index (κ2) is 9.11. The summed E-state index contributed by atoms with van der Waals surface area (Å²) in [6, 6.07) is 9.43. The van der Waals surface area contributed by atoms with Crippen molar-refractivity contribution in [2.75, 3.05) is 18.0 Å². The normalized spacial score (nSPS) is 18.8. The maximum atomic E-state index is 12.5. The van der Waals surface area contributed by atoms with Gasteiger partial charge in [0.25, 0.3) is 5.91 Å². The second-order valence-electron chi connectivity index (χ2n) is 7.97. The number of amides is 1. The Balaban J connectivity index is 1.65. The van der Waals surface area contributed by atoms with Crippen LogP contribution < -0.4 is 10.2 Å². The lowest BCUT2D eigenvalue weighted by molar-refractivity contribution is -0.00523. The van der Waals surface area contributed by atoms with E-state index in [1.165, 1.54) is 0 Å². The highest BCUT2D eigenvalue weighted by Crippen LogP contribution is 2.36. The van der Waals surface area contributed by atoms with E-state index in [9.17, 15) is 4.79 Å². The highest BCUT2D eigenvalue weighted by molar-refractivity contribution is 7.19. The van der Waals surface area contributed by atoms with Crippen LogP contribution in [0.25, 0.3) is 10.4 Å². The fourth-order valence-corrected chi connectivity index (χ4v) is 4.96. The van der Waals surface area contributed by atoms with Crippen molar-refractivity contribution >= 4 is 22.4 Å². The summed E-state index contributed by atoms with van der Waals surface area (Å²) >= 11 is 1.65. The molecule has 1 fully saturated rings. The number of ether oxygens (including phenoxy) is 1. The van der Waals surface area contributed by atoms with Crippen molar-refractivity contribution in [1.29, 1.82) is 0 Å². The minimum atomic E-state index is -0.211. The van der Waals surface area contributed by atoms with E-state index in [1.54, 1.807) is 35.7 Å². The molecule has 1 aliphatic rings. The summed E-state index contributed by atoms with van der Waals surface area (Å²) in [5.41, 5.74) is 4.24. The number of anilines is 1. The van der Waals surface area contributed by atoms with Crippen molar-refractivity contribution in [1.82, 2.24) is 20.3 Å². The molecule has 3 aromatic rings. The predicted molar refractivity (Wildman–Crippen MR) is 122 cm³/mol. The van der Waals surface area contributed by atoms with Gasteiger partial charge in [-0.15, -0.1) is 0 Å². The van der Waals surface area contributed by atoms with Gasteiger partial charge in [0.1, 0.15) is 5.69 Å². The number of nitrogens with one attached hydrogen (secondary N) is 1. The Kier molecular flexibility index (Phi) is 6.29. The van der Waals surface area contributed by atoms with E-state index in [2.05, 4.69) is 46.2 Å². The number of aromatic nitrogens is 3. The molecule has 0 spiro atoms. The third-order valence-corrected chi connectivity index (χ3v) is 6.24. The van der Waals surface area contributed by atoms with Crippen molar-refractivity contribution < 1.29 is 9.53 Å². The smallest absolute Gasteiger partial charge is 0.270 e. The third kappa shape index (κ3) is 5.08. The van der Waals surface area contributed by atoms with Gasteiger partial charge in [-0.05, 0) is 57.5 Å². The van der Waals surface area contributed by atoms with Crippen molar-refractivity contribution in [2.45, 2.75) is 46.4 Å². The van der Waals surface area contributed by atoms with E-state index in [1.807, 2.05) is 13.8 Å². The zero-order valence-electron chi connectivity index (χ0n) is 18.3. The fourth-order valence-electron chi connectivity index (χ4n) is 3.87. The zero-order valence-corrected chi connectivity index (χ0v) is 19.1. The van der Waals surface area contributed by atoms with Crippen LogP contribution in [0.3, 0.4) is 0 Å². The average Bonchev–Trinajstić information content (AvgIpc) is 3.16. The molecule has 1 aliphatic heterocycles. The molecule has 4 rings (SSSR count). The number of hydrogen-bond acceptors (Lipinski definition) is 7. The van der Waals surface area contributed by atoms with Gasteiger partial charge >= 0.3 is 0 Å². The lowest BCUT2D eigenvalue weighted by atomic mass is 10.1. The van der Waals surface area contributed by atoms with Gasteiger partial charge in [-0.3, -0.25) is 14.8 Å². The SMILES string of the molecule is Cc1cc(-c2sc(N3C[C@@H](C)O[C@@H](C)C3)nc2CNC(=O)c2ccccn2)cc(C)n1. The molecular weight excluding hydrogens is 410 g/mol. The summed E-state index contributed by atoms with van der Waals surface area (Å²) in [6.45, 7) is 10.1. The minimum absolute atomic E-state index is 0.147. The molecule has 7 nitrogen and oxygen atoms in total. The summed E-state index contributed by atoms with van der Waals surface area (Å²) in [7, 11) is 0. The van der Waals surface area contributed by atoms with Crippen LogP contribution in [-0.2, 0) is 11.3 Å². The first kappa shape index (κ1) is 21.4. The molecule has 0 unspecified atom stereocenters. The summed E-state index contributed by atoms with van der Waals surface area (Å²) in [6.07, 6.45) is 1.91. The zero-order chi connectivity index (χ0) is 22.0. The van der Waals surface area contributed by atoms with Crippen LogP contribution in [-0.4, -0.2) is 46.2 Å². The standard InChI is InChI=1S/C23H27N5O2S/c1-14-9-18(10-15(2)26-14)21-20(11-25-22(29)19-7-5-6-8-24-19)27-23(31-21)28-12-16(3)30-17(4)13-28/h5-10,16-17H,11-13H2,1-4H3,(H,25,29)/t16-,17+. The second-order valence-corrected chi connectivity index (χ2v) is 8.95. The van der Waals surface area contributed by atoms with Crippen LogP contribution in [0.1, 0.15) is 41.4 Å². The number of nitrogens with zero attached hydrogens (tertiary/aromatic N) is 4. The van der Waals surface area contributed by atoms with Gasteiger partial charge in [0.2, 0.25) is 0 Å². The largest absolute Gasteiger partial charge is 0.372 e. The molecule has 0 saturated carbocycles. The number of carbonyl (C=O) groups is 1. The molecular formula is C23H27N5O2S. The highest BCUT2D eigenvalue weighted by atomic mass is 32.1. The van der Waals surface area contributed by atoms with Crippen LogP contribution in [0, 0.1) is 13.8 Å². The molecule has 1 N–H and O–H groups in total. The Morgan fingerprint density at radius 1 is 1.16 bits per heavy atom. The first-order valence-electron chi connectivity index (χ1n) is 10.4. The van der Waals surface area contributed by atoms with E-state index < -0.39 is 0 Å². The summed E-state index contributed by atoms with van der Waals surface area (Å²) in [5, 5.41) is 3.92. The molecule has 4 heterocycles. The molecule has 0 bridgehead atoms. The van der Waals surface area contributed by atoms with E-state index in [0.29, 0.717) is 12.2 Å². The van der Waals surface area contributed by atoms with Crippen molar-refractivity contribution in [3.8, 4) is 10.4 Å². The number of thiazole rings is 1. The van der Waals surface area contributed by atoms with Gasteiger partial charge in [0, 0.05) is 30.7 Å². The highest BCUT2D eigenvalue weighted by Gasteiger charge is 2.26. The third-order valence-electron chi connectivity index (χ3n) is 5.03. The van der Waals surface area contributed by atoms with Gasteiger partial charge in [-0.1, -0.05) is 17.4 Å². The first-order chi connectivity index (χ1) is 14.9. The molecule has 3 aromatic heterocycles. The quantitative estimate of drug-likeness (QED) is 0.655. The molecule has 162 valence electrons. The first-order valence-corrected chi connectivity index (χ1v) is 11.3. The van der Waals surface area contributed by atoms with Crippen LogP contribution in [0.15, 0.2) is 36.5 Å². The summed E-state index contributed by atoms with van der Waals surface area (Å²) < 4.78 is 5.88. The minimum Gasteiger partial charge on any atom is -0.372 e. The Hall–Kier alpha value is -2.84. The van der Waals surface area contributed by atoms with Gasteiger partial charge in [-0.25, -0.2) is 4.98 Å². The van der Waals surface area contributed by atoms with Crippen LogP contribution >= 0.6 is 11.3 Å². The molecule has 31 heavy (non-hydrogen) atoms. The van der Waals surface area contributed by atoms with E-state index in [4.69, 9.17) is 9.72 Å². The van der Waals surface area contributed by atoms with Crippen LogP contribution in [0.5, 0.6) is 0 Å². The number of morpholine rings is 1. The molecule has 1 amide bonds. The average molecular weight is 438 g/mol. The number of carbonyl (C=O) groups excluding carboxylic acids is 1. The molecule has 0 aliphatic carbocycles. The summed E-state index contributed by atoms with van der Waals surface area (Å²) in [5.74, 6) is -0.211. The molecule has 0 aromatic carbocycles. The number of hydrogen-bond donors (Lipinski definition) is 1. The Morgan fingerprint density at radius 3 is 2.52 bits per heavy atom. The molecule has 1 saturated heterocycles. The van der Waals surface area contributed by atoms with Crippen LogP contribution in [0.4, 0.5) is 5.13 Å². The van der Waals surface area contributed by atoms with Crippen molar-refractivity contribution in [2.24, 2.45) is 0 Å². The maximum Gasteiger partial charge on any atom is 0.270 e. The Morgan fingerprint density at radius 2 is 1.87 bits per heavy atom. The Bertz CT molecular complexity index is 1040. The number of pyridine rings is 2. The Labute approximate surface area is 186 Å². The maximum absolute atomic E-state index is 12.5. The van der Waals surface area contributed by atoms with Crippen LogP contribution in [0.2, 0.25) is 0 Å². The lowest BCUT2D eigenvalue weighted by Crippen LogP contribution is -2.45. The van der Waals surface area contributed by atoms with Gasteiger partial charge in [-0.2, -0.15) is 0 Å². The molecule has 8 heteroatoms. The molecule has 0 radical (unpaired) electrons. The van der Waals surface area contributed by atoms with Crippen molar-refractivity contribution in [3.05, 3.63) is 59.3 Å². The summed E-state index contributed by atoms with van der Waals surface area (Å²) in [4.78, 5) is 29.4. The number of aryl methyl sites for hydroxylation is 2. The fraction of sp³-hybridized carbons (Fsp3) is 0.391. The topological polar surface area (TPSA) is 80.2 Å². The molecule has 2 atom stereocenters. The monoisotopic (exact) mass is 437 g/mol. The van der Waals surface area contributed by atoms with E-state index in [0.717, 1.165) is 45.7 Å². The predicted octanol–water partition coefficient (Wildman–Crippen LogP) is 3.76. The van der Waals surface area contributed by atoms with Gasteiger partial charge < -0.3 is 15.0 Å². The lowest BCUT2D eigenvalue weighted by Gasteiger charge is -2.35. The van der Waals surface area contributed by atoms with Gasteiger partial charge in [0.05, 0.1) is 29.3 Å². The van der Waals surface area contributed by atoms with Crippen molar-refractivity contribution in [3.63, 3.8) is 0 Å².